The molecule has 11 heteroatoms. The van der Waals surface area contributed by atoms with E-state index in [0.717, 1.165) is 41.8 Å². The maximum atomic E-state index is 13.9. The van der Waals surface area contributed by atoms with Gasteiger partial charge in [0.1, 0.15) is 11.7 Å². The van der Waals surface area contributed by atoms with Gasteiger partial charge in [-0.1, -0.05) is 0 Å². The van der Waals surface area contributed by atoms with E-state index in [0.29, 0.717) is 16.4 Å². The topological polar surface area (TPSA) is 112 Å². The highest BCUT2D eigenvalue weighted by atomic mass is 32.1. The van der Waals surface area contributed by atoms with Crippen molar-refractivity contribution in [3.8, 4) is 0 Å². The molecule has 0 saturated heterocycles. The number of nitrogens with two attached hydrogens (primary N) is 1. The lowest BCUT2D eigenvalue weighted by molar-refractivity contribution is -0.118. The molecule has 184 valence electrons. The average molecular weight is 497 g/mol. The smallest absolute Gasteiger partial charge is 0.396 e. The number of primary amides is 1. The molecule has 1 aromatic carbocycles. The Labute approximate surface area is 198 Å². The molecule has 0 spiro atoms. The first-order valence-electron chi connectivity index (χ1n) is 11.1. The van der Waals surface area contributed by atoms with Gasteiger partial charge in [0.15, 0.2) is 0 Å². The molecule has 1 aromatic heterocycles. The first kappa shape index (κ1) is 24.6. The van der Waals surface area contributed by atoms with Gasteiger partial charge in [0.25, 0.3) is 0 Å². The van der Waals surface area contributed by atoms with Gasteiger partial charge in [0.2, 0.25) is 5.91 Å². The van der Waals surface area contributed by atoms with E-state index in [9.17, 15) is 28.2 Å². The Balaban J connectivity index is 1.84. The van der Waals surface area contributed by atoms with Gasteiger partial charge in [-0.05, 0) is 57.6 Å². The fourth-order valence-corrected chi connectivity index (χ4v) is 5.75. The lowest BCUT2D eigenvalue weighted by Gasteiger charge is -2.37. The van der Waals surface area contributed by atoms with Crippen LogP contribution in [0.4, 0.5) is 18.9 Å². The van der Waals surface area contributed by atoms with Gasteiger partial charge < -0.3 is 20.8 Å². The maximum Gasteiger partial charge on any atom is 0.433 e. The average Bonchev–Trinajstić information content (AvgIpc) is 3.19. The van der Waals surface area contributed by atoms with E-state index in [1.807, 2.05) is 0 Å². The number of aliphatic imine (C=N–C) groups is 1. The molecule has 1 aliphatic heterocycles. The first-order valence-corrected chi connectivity index (χ1v) is 11.9. The molecule has 4 N–H and O–H groups in total. The van der Waals surface area contributed by atoms with Crippen molar-refractivity contribution in [1.82, 2.24) is 4.98 Å². The van der Waals surface area contributed by atoms with Crippen molar-refractivity contribution in [1.29, 1.82) is 0 Å². The zero-order valence-electron chi connectivity index (χ0n) is 18.8. The summed E-state index contributed by atoms with van der Waals surface area (Å²) in [5, 5.41) is 21.1. The molecule has 0 bridgehead atoms. The number of aliphatic hydroxyl groups excluding tert-OH is 1. The van der Waals surface area contributed by atoms with Crippen LogP contribution in [0.5, 0.6) is 0 Å². The number of aliphatic hydroxyl groups is 2. The van der Waals surface area contributed by atoms with Gasteiger partial charge in [0.05, 0.1) is 27.0 Å². The summed E-state index contributed by atoms with van der Waals surface area (Å²) >= 11 is 1.40. The molecule has 2 heterocycles. The quantitative estimate of drug-likeness (QED) is 0.581. The Bertz CT molecular complexity index is 1140. The summed E-state index contributed by atoms with van der Waals surface area (Å²) in [5.41, 5.74) is 3.56. The number of carbonyl (C=O) groups is 1. The number of rotatable bonds is 5. The molecular formula is C23H27F3N4O3S. The molecule has 1 amide bonds. The molecular weight excluding hydrogens is 469 g/mol. The van der Waals surface area contributed by atoms with Gasteiger partial charge >= 0.3 is 6.18 Å². The third kappa shape index (κ3) is 4.69. The molecule has 1 unspecified atom stereocenters. The van der Waals surface area contributed by atoms with Crippen molar-refractivity contribution < 1.29 is 28.2 Å². The lowest BCUT2D eigenvalue weighted by Crippen LogP contribution is -2.50. The standard InChI is InChI=1S/C23H27F3N4O3S/c1-22(2,33)14-7-15-18(34-21(29-15)13-5-3-12(11-31)4-6-13)8-16(14)30-17(20(27)32)9-28-10-19(30)23(24,25)26/h7-10,12-13,17,31,33H,3-6,11H2,1-2H3,(H2,27,32). The van der Waals surface area contributed by atoms with E-state index in [2.05, 4.69) is 4.99 Å². The molecule has 1 saturated carbocycles. The van der Waals surface area contributed by atoms with Crippen LogP contribution in [0.3, 0.4) is 0 Å². The number of allylic oxidation sites excluding steroid dienone is 1. The van der Waals surface area contributed by atoms with Gasteiger partial charge in [-0.25, -0.2) is 4.98 Å². The number of amides is 1. The number of hydrogen-bond acceptors (Lipinski definition) is 7. The minimum Gasteiger partial charge on any atom is -0.396 e. The fourth-order valence-electron chi connectivity index (χ4n) is 4.60. The monoisotopic (exact) mass is 496 g/mol. The molecule has 1 atom stereocenters. The van der Waals surface area contributed by atoms with Gasteiger partial charge in [-0.3, -0.25) is 9.79 Å². The summed E-state index contributed by atoms with van der Waals surface area (Å²) in [6.07, 6.45) is 0.451. The zero-order valence-corrected chi connectivity index (χ0v) is 19.7. The molecule has 1 fully saturated rings. The predicted molar refractivity (Wildman–Crippen MR) is 125 cm³/mol. The third-order valence-electron chi connectivity index (χ3n) is 6.44. The number of hydrogen-bond donors (Lipinski definition) is 3. The molecule has 7 nitrogen and oxygen atoms in total. The molecule has 34 heavy (non-hydrogen) atoms. The van der Waals surface area contributed by atoms with Crippen LogP contribution in [0, 0.1) is 5.92 Å². The van der Waals surface area contributed by atoms with Crippen LogP contribution in [-0.2, 0) is 10.4 Å². The van der Waals surface area contributed by atoms with Gasteiger partial charge in [-0.15, -0.1) is 11.3 Å². The Morgan fingerprint density at radius 1 is 1.24 bits per heavy atom. The molecule has 1 aliphatic carbocycles. The number of aromatic nitrogens is 1. The summed E-state index contributed by atoms with van der Waals surface area (Å²) in [5.74, 6) is -0.496. The van der Waals surface area contributed by atoms with Crippen LogP contribution >= 0.6 is 11.3 Å². The van der Waals surface area contributed by atoms with Crippen LogP contribution in [0.1, 0.15) is 56.0 Å². The van der Waals surface area contributed by atoms with Gasteiger partial charge in [0, 0.05) is 30.0 Å². The number of benzene rings is 1. The first-order chi connectivity index (χ1) is 15.9. The normalized spacial score (nSPS) is 23.9. The number of anilines is 1. The highest BCUT2D eigenvalue weighted by molar-refractivity contribution is 7.18. The van der Waals surface area contributed by atoms with Crippen LogP contribution in [0.25, 0.3) is 10.2 Å². The van der Waals surface area contributed by atoms with E-state index in [1.54, 1.807) is 6.07 Å². The van der Waals surface area contributed by atoms with Crippen molar-refractivity contribution in [2.45, 2.75) is 63.3 Å². The molecule has 4 rings (SSSR count). The second kappa shape index (κ2) is 8.94. The second-order valence-corrected chi connectivity index (χ2v) is 10.4. The van der Waals surface area contributed by atoms with Crippen LogP contribution < -0.4 is 10.6 Å². The number of nitrogens with zero attached hydrogens (tertiary/aromatic N) is 3. The summed E-state index contributed by atoms with van der Waals surface area (Å²) in [6, 6.07) is 1.65. The zero-order chi connectivity index (χ0) is 24.8. The van der Waals surface area contributed by atoms with Crippen LogP contribution in [0.15, 0.2) is 29.0 Å². The van der Waals surface area contributed by atoms with E-state index in [-0.39, 0.29) is 29.7 Å². The number of fused-ring (bicyclic) bond motifs is 1. The fraction of sp³-hybridized carbons (Fsp3) is 0.522. The van der Waals surface area contributed by atoms with Crippen molar-refractivity contribution in [3.63, 3.8) is 0 Å². The predicted octanol–water partition coefficient (Wildman–Crippen LogP) is 3.94. The summed E-state index contributed by atoms with van der Waals surface area (Å²) in [7, 11) is 0. The number of thiazole rings is 1. The van der Waals surface area contributed by atoms with Crippen LogP contribution in [0.2, 0.25) is 0 Å². The second-order valence-electron chi connectivity index (χ2n) is 9.38. The third-order valence-corrected chi connectivity index (χ3v) is 7.62. The largest absolute Gasteiger partial charge is 0.433 e. The number of alkyl halides is 3. The van der Waals surface area contributed by atoms with Crippen molar-refractivity contribution >= 4 is 39.4 Å². The molecule has 2 aliphatic rings. The SMILES string of the molecule is CC(C)(O)c1cc2nc(C3CCC(CO)CC3)sc2cc1N1C(C(F)(F)F)=CN=CC1C(N)=O. The van der Waals surface area contributed by atoms with Gasteiger partial charge in [-0.2, -0.15) is 13.2 Å². The van der Waals surface area contributed by atoms with E-state index in [4.69, 9.17) is 10.7 Å². The molecule has 2 aromatic rings. The van der Waals surface area contributed by atoms with Crippen LogP contribution in [-0.4, -0.2) is 46.1 Å². The van der Waals surface area contributed by atoms with Crippen molar-refractivity contribution in [2.24, 2.45) is 16.6 Å². The van der Waals surface area contributed by atoms with E-state index in [1.165, 1.54) is 31.3 Å². The highest BCUT2D eigenvalue weighted by Crippen LogP contribution is 2.44. The minimum atomic E-state index is -4.80. The summed E-state index contributed by atoms with van der Waals surface area (Å²) in [6.45, 7) is 3.10. The Hall–Kier alpha value is -2.50. The maximum absolute atomic E-state index is 13.9. The van der Waals surface area contributed by atoms with E-state index < -0.39 is 29.4 Å². The van der Waals surface area contributed by atoms with Crippen molar-refractivity contribution in [3.05, 3.63) is 34.6 Å². The summed E-state index contributed by atoms with van der Waals surface area (Å²) < 4.78 is 42.5. The Morgan fingerprint density at radius 2 is 1.91 bits per heavy atom. The molecule has 0 radical (unpaired) electrons. The lowest BCUT2D eigenvalue weighted by atomic mass is 9.83. The number of carbonyl (C=O) groups excluding carboxylic acids is 1. The minimum absolute atomic E-state index is 0.0257. The Morgan fingerprint density at radius 3 is 2.47 bits per heavy atom. The number of halogens is 3. The Kier molecular flexibility index (Phi) is 6.47. The highest BCUT2D eigenvalue weighted by Gasteiger charge is 2.45. The van der Waals surface area contributed by atoms with Crippen molar-refractivity contribution in [2.75, 3.05) is 11.5 Å². The van der Waals surface area contributed by atoms with E-state index >= 15 is 0 Å². The summed E-state index contributed by atoms with van der Waals surface area (Å²) in [4.78, 5) is 21.2.